The SMILES string of the molecule is Cc1ccc(C)c(N(C(C)C(=O)NCc2ccc(-n3ccnc3C)cc2)S(C)(=O)=O)c1. The summed E-state index contributed by atoms with van der Waals surface area (Å²) < 4.78 is 28.2. The number of carbonyl (C=O) groups excluding carboxylic acids is 1. The molecule has 8 heteroatoms. The van der Waals surface area contributed by atoms with Gasteiger partial charge < -0.3 is 9.88 Å². The maximum atomic E-state index is 12.8. The molecule has 0 aliphatic heterocycles. The van der Waals surface area contributed by atoms with Crippen molar-refractivity contribution in [3.63, 3.8) is 0 Å². The van der Waals surface area contributed by atoms with Crippen molar-refractivity contribution in [2.75, 3.05) is 10.6 Å². The van der Waals surface area contributed by atoms with E-state index in [2.05, 4.69) is 10.3 Å². The van der Waals surface area contributed by atoms with Gasteiger partial charge >= 0.3 is 0 Å². The molecule has 0 saturated heterocycles. The first kappa shape index (κ1) is 22.6. The van der Waals surface area contributed by atoms with Gasteiger partial charge in [0, 0.05) is 24.6 Å². The van der Waals surface area contributed by atoms with E-state index >= 15 is 0 Å². The minimum atomic E-state index is -3.66. The van der Waals surface area contributed by atoms with Crippen molar-refractivity contribution < 1.29 is 13.2 Å². The summed E-state index contributed by atoms with van der Waals surface area (Å²) in [6.07, 6.45) is 4.75. The molecule has 31 heavy (non-hydrogen) atoms. The number of aromatic nitrogens is 2. The Balaban J connectivity index is 1.74. The highest BCUT2D eigenvalue weighted by Gasteiger charge is 2.30. The molecule has 1 amide bonds. The van der Waals surface area contributed by atoms with E-state index in [0.29, 0.717) is 12.2 Å². The summed E-state index contributed by atoms with van der Waals surface area (Å²) >= 11 is 0. The highest BCUT2D eigenvalue weighted by atomic mass is 32.2. The van der Waals surface area contributed by atoms with Gasteiger partial charge in [0.25, 0.3) is 0 Å². The third kappa shape index (κ3) is 5.14. The molecule has 1 aromatic heterocycles. The normalized spacial score (nSPS) is 12.4. The van der Waals surface area contributed by atoms with Gasteiger partial charge in [0.15, 0.2) is 0 Å². The summed E-state index contributed by atoms with van der Waals surface area (Å²) in [7, 11) is -3.66. The summed E-state index contributed by atoms with van der Waals surface area (Å²) in [5.41, 5.74) is 4.14. The predicted octanol–water partition coefficient (Wildman–Crippen LogP) is 3.27. The fraction of sp³-hybridized carbons (Fsp3) is 0.304. The van der Waals surface area contributed by atoms with Crippen LogP contribution in [-0.2, 0) is 21.4 Å². The molecule has 0 aliphatic carbocycles. The number of aryl methyl sites for hydroxylation is 3. The molecule has 7 nitrogen and oxygen atoms in total. The Kier molecular flexibility index (Phi) is 6.50. The van der Waals surface area contributed by atoms with Crippen molar-refractivity contribution in [1.82, 2.24) is 14.9 Å². The molecule has 3 rings (SSSR count). The molecule has 2 aromatic carbocycles. The van der Waals surface area contributed by atoms with Crippen LogP contribution in [0.2, 0.25) is 0 Å². The molecule has 1 heterocycles. The van der Waals surface area contributed by atoms with Gasteiger partial charge in [-0.05, 0) is 62.6 Å². The molecule has 0 saturated carbocycles. The number of hydrogen-bond acceptors (Lipinski definition) is 4. The Morgan fingerprint density at radius 2 is 1.81 bits per heavy atom. The standard InChI is InChI=1S/C23H28N4O3S/c1-16-6-7-17(2)22(14-16)27(31(5,29)30)18(3)23(28)25-15-20-8-10-21(11-9-20)26-13-12-24-19(26)4/h6-14,18H,15H2,1-5H3,(H,25,28). The molecule has 164 valence electrons. The monoisotopic (exact) mass is 440 g/mol. The first-order valence-electron chi connectivity index (χ1n) is 10.0. The van der Waals surface area contributed by atoms with Crippen LogP contribution in [0.4, 0.5) is 5.69 Å². The number of nitrogens with one attached hydrogen (secondary N) is 1. The van der Waals surface area contributed by atoms with Crippen molar-refractivity contribution in [3.05, 3.63) is 77.4 Å². The number of carbonyl (C=O) groups is 1. The number of anilines is 1. The smallest absolute Gasteiger partial charge is 0.243 e. The lowest BCUT2D eigenvalue weighted by molar-refractivity contribution is -0.122. The average molecular weight is 441 g/mol. The van der Waals surface area contributed by atoms with Crippen LogP contribution in [0.15, 0.2) is 54.9 Å². The Labute approximate surface area is 183 Å². The Morgan fingerprint density at radius 1 is 1.13 bits per heavy atom. The maximum Gasteiger partial charge on any atom is 0.243 e. The number of nitrogens with zero attached hydrogens (tertiary/aromatic N) is 3. The minimum absolute atomic E-state index is 0.302. The van der Waals surface area contributed by atoms with Crippen LogP contribution in [0.3, 0.4) is 0 Å². The molecule has 0 bridgehead atoms. The van der Waals surface area contributed by atoms with E-state index in [9.17, 15) is 13.2 Å². The van der Waals surface area contributed by atoms with Crippen LogP contribution in [0.1, 0.15) is 29.4 Å². The Bertz CT molecular complexity index is 1180. The minimum Gasteiger partial charge on any atom is -0.350 e. The fourth-order valence-electron chi connectivity index (χ4n) is 3.50. The van der Waals surface area contributed by atoms with E-state index in [1.54, 1.807) is 19.2 Å². The van der Waals surface area contributed by atoms with Crippen molar-refractivity contribution in [1.29, 1.82) is 0 Å². The zero-order valence-corrected chi connectivity index (χ0v) is 19.3. The summed E-state index contributed by atoms with van der Waals surface area (Å²) in [5, 5.41) is 2.86. The van der Waals surface area contributed by atoms with Crippen molar-refractivity contribution in [2.24, 2.45) is 0 Å². The average Bonchev–Trinajstić information content (AvgIpc) is 3.14. The second kappa shape index (κ2) is 8.93. The molecule has 3 aromatic rings. The number of rotatable bonds is 7. The second-order valence-corrected chi connectivity index (χ2v) is 9.61. The number of benzene rings is 2. The number of amides is 1. The summed E-state index contributed by atoms with van der Waals surface area (Å²) in [6.45, 7) is 7.56. The summed E-state index contributed by atoms with van der Waals surface area (Å²) in [6, 6.07) is 12.4. The number of sulfonamides is 1. The molecule has 0 radical (unpaired) electrons. The molecule has 1 unspecified atom stereocenters. The Hall–Kier alpha value is -3.13. The summed E-state index contributed by atoms with van der Waals surface area (Å²) in [4.78, 5) is 17.1. The second-order valence-electron chi connectivity index (χ2n) is 7.75. The van der Waals surface area contributed by atoms with E-state index in [1.807, 2.05) is 67.9 Å². The zero-order valence-electron chi connectivity index (χ0n) is 18.5. The van der Waals surface area contributed by atoms with Gasteiger partial charge in [-0.3, -0.25) is 9.10 Å². The van der Waals surface area contributed by atoms with Gasteiger partial charge in [-0.15, -0.1) is 0 Å². The van der Waals surface area contributed by atoms with E-state index in [4.69, 9.17) is 0 Å². The summed E-state index contributed by atoms with van der Waals surface area (Å²) in [5.74, 6) is 0.531. The van der Waals surface area contributed by atoms with Gasteiger partial charge in [-0.1, -0.05) is 24.3 Å². The molecular weight excluding hydrogens is 412 g/mol. The third-order valence-corrected chi connectivity index (χ3v) is 6.43. The van der Waals surface area contributed by atoms with Crippen LogP contribution in [0, 0.1) is 20.8 Å². The van der Waals surface area contributed by atoms with Crippen molar-refractivity contribution in [3.8, 4) is 5.69 Å². The molecule has 0 spiro atoms. The largest absolute Gasteiger partial charge is 0.350 e. The molecular formula is C23H28N4O3S. The van der Waals surface area contributed by atoms with E-state index in [1.165, 1.54) is 4.31 Å². The first-order valence-corrected chi connectivity index (χ1v) is 11.9. The van der Waals surface area contributed by atoms with Gasteiger partial charge in [0.1, 0.15) is 11.9 Å². The number of hydrogen-bond donors (Lipinski definition) is 1. The lowest BCUT2D eigenvalue weighted by Crippen LogP contribution is -2.48. The Morgan fingerprint density at radius 3 is 2.39 bits per heavy atom. The highest BCUT2D eigenvalue weighted by molar-refractivity contribution is 7.92. The fourth-order valence-corrected chi connectivity index (χ4v) is 4.72. The van der Waals surface area contributed by atoms with Gasteiger partial charge in [0.05, 0.1) is 11.9 Å². The van der Waals surface area contributed by atoms with Crippen LogP contribution >= 0.6 is 0 Å². The van der Waals surface area contributed by atoms with Crippen LogP contribution in [0.5, 0.6) is 0 Å². The quantitative estimate of drug-likeness (QED) is 0.611. The van der Waals surface area contributed by atoms with E-state index < -0.39 is 16.1 Å². The molecule has 0 fully saturated rings. The van der Waals surface area contributed by atoms with Crippen LogP contribution < -0.4 is 9.62 Å². The van der Waals surface area contributed by atoms with E-state index in [-0.39, 0.29) is 5.91 Å². The van der Waals surface area contributed by atoms with Crippen LogP contribution in [0.25, 0.3) is 5.69 Å². The van der Waals surface area contributed by atoms with Crippen molar-refractivity contribution >= 4 is 21.6 Å². The molecule has 1 N–H and O–H groups in total. The van der Waals surface area contributed by atoms with Gasteiger partial charge in [-0.25, -0.2) is 13.4 Å². The third-order valence-electron chi connectivity index (χ3n) is 5.20. The number of imidazole rings is 1. The highest BCUT2D eigenvalue weighted by Crippen LogP contribution is 2.26. The lowest BCUT2D eigenvalue weighted by Gasteiger charge is -2.29. The van der Waals surface area contributed by atoms with E-state index in [0.717, 1.165) is 34.5 Å². The van der Waals surface area contributed by atoms with Crippen molar-refractivity contribution in [2.45, 2.75) is 40.3 Å². The van der Waals surface area contributed by atoms with Gasteiger partial charge in [-0.2, -0.15) is 0 Å². The molecule has 1 atom stereocenters. The first-order chi connectivity index (χ1) is 14.6. The lowest BCUT2D eigenvalue weighted by atomic mass is 10.1. The topological polar surface area (TPSA) is 84.3 Å². The van der Waals surface area contributed by atoms with Crippen LogP contribution in [-0.4, -0.2) is 36.2 Å². The van der Waals surface area contributed by atoms with Gasteiger partial charge in [0.2, 0.25) is 15.9 Å². The zero-order chi connectivity index (χ0) is 22.8. The molecule has 0 aliphatic rings. The predicted molar refractivity (Wildman–Crippen MR) is 123 cm³/mol. The maximum absolute atomic E-state index is 12.8.